The molecule has 64 heavy (non-hydrogen) atoms. The Balaban J connectivity index is 0.891. The van der Waals surface area contributed by atoms with Gasteiger partial charge in [-0.2, -0.15) is 0 Å². The van der Waals surface area contributed by atoms with E-state index in [4.69, 9.17) is 9.97 Å². The minimum atomic E-state index is 0.706. The molecular formula is C62H40N2. The topological polar surface area (TPSA) is 25.8 Å². The molecule has 0 fully saturated rings. The van der Waals surface area contributed by atoms with Crippen LogP contribution in [0.2, 0.25) is 0 Å². The quantitative estimate of drug-likeness (QED) is 0.118. The van der Waals surface area contributed by atoms with Crippen LogP contribution in [0.5, 0.6) is 0 Å². The fourth-order valence-electron chi connectivity index (χ4n) is 9.49. The smallest absolute Gasteiger partial charge is 0.160 e. The minimum Gasteiger partial charge on any atom is -0.228 e. The number of aromatic nitrogens is 2. The van der Waals surface area contributed by atoms with E-state index in [1.807, 2.05) is 24.3 Å². The maximum Gasteiger partial charge on any atom is 0.160 e. The molecule has 0 spiro atoms. The van der Waals surface area contributed by atoms with Crippen molar-refractivity contribution in [2.75, 3.05) is 0 Å². The van der Waals surface area contributed by atoms with Gasteiger partial charge in [-0.15, -0.1) is 0 Å². The van der Waals surface area contributed by atoms with E-state index in [9.17, 15) is 0 Å². The van der Waals surface area contributed by atoms with Crippen molar-refractivity contribution in [3.05, 3.63) is 243 Å². The molecule has 0 aliphatic carbocycles. The Hall–Kier alpha value is -8.46. The number of hydrogen-bond donors (Lipinski definition) is 0. The average molecular weight is 813 g/mol. The van der Waals surface area contributed by atoms with Crippen molar-refractivity contribution in [3.63, 3.8) is 0 Å². The van der Waals surface area contributed by atoms with Gasteiger partial charge in [0.2, 0.25) is 0 Å². The highest BCUT2D eigenvalue weighted by Gasteiger charge is 2.16. The number of fused-ring (bicyclic) bond motifs is 5. The molecule has 0 amide bonds. The lowest BCUT2D eigenvalue weighted by atomic mass is 9.88. The Bertz CT molecular complexity index is 3670. The third kappa shape index (κ3) is 6.70. The Morgan fingerprint density at radius 3 is 1.25 bits per heavy atom. The summed E-state index contributed by atoms with van der Waals surface area (Å²) in [4.78, 5) is 10.2. The summed E-state index contributed by atoms with van der Waals surface area (Å²) in [6.45, 7) is 0. The van der Waals surface area contributed by atoms with Crippen molar-refractivity contribution in [1.82, 2.24) is 9.97 Å². The van der Waals surface area contributed by atoms with Crippen LogP contribution in [-0.2, 0) is 0 Å². The molecule has 0 saturated carbocycles. The summed E-state index contributed by atoms with van der Waals surface area (Å²) in [7, 11) is 0. The standard InChI is InChI=1S/C62H40N2/c1-3-13-41(14-4-1)42-23-29-46(30-24-42)59-40-60(64-62(63-59)49-16-5-2-6-17-49)47-31-25-44(26-32-47)52-37-38-53(56-22-12-11-21-55(52)56)45-27-33-48(34-28-45)61-54-20-10-8-18-50(54)39-58-51-19-9-7-15-43(51)35-36-57(58)61/h1-40H. The van der Waals surface area contributed by atoms with Gasteiger partial charge in [-0.05, 0) is 99.7 Å². The highest BCUT2D eigenvalue weighted by molar-refractivity contribution is 6.20. The summed E-state index contributed by atoms with van der Waals surface area (Å²) in [5.41, 5.74) is 14.5. The van der Waals surface area contributed by atoms with E-state index < -0.39 is 0 Å². The summed E-state index contributed by atoms with van der Waals surface area (Å²) < 4.78 is 0. The van der Waals surface area contributed by atoms with Crippen LogP contribution in [0.25, 0.3) is 122 Å². The van der Waals surface area contributed by atoms with Gasteiger partial charge in [0.15, 0.2) is 5.82 Å². The lowest BCUT2D eigenvalue weighted by molar-refractivity contribution is 1.18. The third-order valence-electron chi connectivity index (χ3n) is 12.7. The zero-order valence-corrected chi connectivity index (χ0v) is 35.0. The molecule has 0 atom stereocenters. The summed E-state index contributed by atoms with van der Waals surface area (Å²) in [5.74, 6) is 0.706. The van der Waals surface area contributed by atoms with Gasteiger partial charge in [0.05, 0.1) is 11.4 Å². The van der Waals surface area contributed by atoms with Gasteiger partial charge in [0.25, 0.3) is 0 Å². The van der Waals surface area contributed by atoms with Gasteiger partial charge < -0.3 is 0 Å². The van der Waals surface area contributed by atoms with E-state index in [-0.39, 0.29) is 0 Å². The van der Waals surface area contributed by atoms with E-state index in [0.29, 0.717) is 5.82 Å². The molecular weight excluding hydrogens is 773 g/mol. The van der Waals surface area contributed by atoms with Crippen molar-refractivity contribution >= 4 is 43.1 Å². The summed E-state index contributed by atoms with van der Waals surface area (Å²) >= 11 is 0. The molecule has 0 unspecified atom stereocenters. The van der Waals surface area contributed by atoms with Crippen LogP contribution in [0.15, 0.2) is 243 Å². The molecule has 0 N–H and O–H groups in total. The van der Waals surface area contributed by atoms with Crippen molar-refractivity contribution in [1.29, 1.82) is 0 Å². The van der Waals surface area contributed by atoms with Crippen LogP contribution in [-0.4, -0.2) is 9.97 Å². The zero-order valence-electron chi connectivity index (χ0n) is 35.0. The second-order valence-electron chi connectivity index (χ2n) is 16.5. The van der Waals surface area contributed by atoms with E-state index >= 15 is 0 Å². The third-order valence-corrected chi connectivity index (χ3v) is 12.7. The molecule has 2 heteroatoms. The van der Waals surface area contributed by atoms with Crippen molar-refractivity contribution in [2.45, 2.75) is 0 Å². The Morgan fingerprint density at radius 2 is 0.656 bits per heavy atom. The maximum absolute atomic E-state index is 5.12. The molecule has 11 aromatic carbocycles. The average Bonchev–Trinajstić information content (AvgIpc) is 3.38. The molecule has 0 aliphatic rings. The first-order valence-electron chi connectivity index (χ1n) is 21.9. The molecule has 1 heterocycles. The number of hydrogen-bond acceptors (Lipinski definition) is 2. The Labute approximate surface area is 372 Å². The van der Waals surface area contributed by atoms with Gasteiger partial charge in [-0.1, -0.05) is 231 Å². The molecule has 12 aromatic rings. The fourth-order valence-corrected chi connectivity index (χ4v) is 9.49. The zero-order chi connectivity index (χ0) is 42.4. The van der Waals surface area contributed by atoms with Crippen LogP contribution < -0.4 is 0 Å². The fraction of sp³-hybridized carbons (Fsp3) is 0. The van der Waals surface area contributed by atoms with E-state index in [0.717, 1.165) is 33.6 Å². The minimum absolute atomic E-state index is 0.706. The highest BCUT2D eigenvalue weighted by Crippen LogP contribution is 2.42. The Kier molecular flexibility index (Phi) is 9.20. The first kappa shape index (κ1) is 37.3. The van der Waals surface area contributed by atoms with Gasteiger partial charge in [-0.25, -0.2) is 9.97 Å². The van der Waals surface area contributed by atoms with Gasteiger partial charge in [-0.3, -0.25) is 0 Å². The van der Waals surface area contributed by atoms with E-state index in [1.54, 1.807) is 0 Å². The van der Waals surface area contributed by atoms with Crippen LogP contribution >= 0.6 is 0 Å². The number of benzene rings is 11. The van der Waals surface area contributed by atoms with Crippen LogP contribution in [0, 0.1) is 0 Å². The van der Waals surface area contributed by atoms with Crippen molar-refractivity contribution in [2.24, 2.45) is 0 Å². The Morgan fingerprint density at radius 1 is 0.219 bits per heavy atom. The lowest BCUT2D eigenvalue weighted by Gasteiger charge is -2.15. The second-order valence-corrected chi connectivity index (χ2v) is 16.5. The van der Waals surface area contributed by atoms with Crippen molar-refractivity contribution < 1.29 is 0 Å². The highest BCUT2D eigenvalue weighted by atomic mass is 14.9. The van der Waals surface area contributed by atoms with Crippen molar-refractivity contribution in [3.8, 4) is 78.4 Å². The van der Waals surface area contributed by atoms with Crippen LogP contribution in [0.3, 0.4) is 0 Å². The largest absolute Gasteiger partial charge is 0.228 e. The SMILES string of the molecule is c1ccc(-c2ccc(-c3cc(-c4ccc(-c5ccc(-c6ccc(-c7c8ccccc8cc8c7ccc7ccccc78)cc6)c6ccccc56)cc4)nc(-c4ccccc4)n3)cc2)cc1. The van der Waals surface area contributed by atoms with Gasteiger partial charge in [0.1, 0.15) is 0 Å². The van der Waals surface area contributed by atoms with Crippen LogP contribution in [0.4, 0.5) is 0 Å². The first-order valence-corrected chi connectivity index (χ1v) is 21.9. The number of rotatable bonds is 7. The lowest BCUT2D eigenvalue weighted by Crippen LogP contribution is -1.96. The van der Waals surface area contributed by atoms with E-state index in [1.165, 1.54) is 82.0 Å². The monoisotopic (exact) mass is 812 g/mol. The van der Waals surface area contributed by atoms with Gasteiger partial charge >= 0.3 is 0 Å². The maximum atomic E-state index is 5.12. The molecule has 2 nitrogen and oxygen atoms in total. The predicted molar refractivity (Wildman–Crippen MR) is 270 cm³/mol. The van der Waals surface area contributed by atoms with Crippen LogP contribution in [0.1, 0.15) is 0 Å². The molecule has 0 bridgehead atoms. The molecule has 0 saturated heterocycles. The van der Waals surface area contributed by atoms with E-state index in [2.05, 4.69) is 218 Å². The molecule has 0 radical (unpaired) electrons. The molecule has 1 aromatic heterocycles. The molecule has 298 valence electrons. The summed E-state index contributed by atoms with van der Waals surface area (Å²) in [6.07, 6.45) is 0. The summed E-state index contributed by atoms with van der Waals surface area (Å²) in [5, 5.41) is 10.1. The second kappa shape index (κ2) is 15.8. The first-order chi connectivity index (χ1) is 31.7. The number of nitrogens with zero attached hydrogens (tertiary/aromatic N) is 2. The molecule has 0 aliphatic heterocycles. The molecule has 12 rings (SSSR count). The summed E-state index contributed by atoms with van der Waals surface area (Å²) in [6, 6.07) is 87.2. The predicted octanol–water partition coefficient (Wildman–Crippen LogP) is 16.8. The normalized spacial score (nSPS) is 11.4. The van der Waals surface area contributed by atoms with Gasteiger partial charge in [0, 0.05) is 16.7 Å².